The molecule has 3 nitrogen and oxygen atoms in total. The molecule has 4 heteroatoms. The van der Waals surface area contributed by atoms with E-state index >= 15 is 0 Å². The van der Waals surface area contributed by atoms with E-state index in [1.54, 1.807) is 0 Å². The molecule has 13 heavy (non-hydrogen) atoms. The summed E-state index contributed by atoms with van der Waals surface area (Å²) in [4.78, 5) is 1.49. The Balaban J connectivity index is 1.89. The van der Waals surface area contributed by atoms with Crippen LogP contribution in [0.3, 0.4) is 0 Å². The molecule has 0 unspecified atom stereocenters. The standard InChI is InChI=1S/C9H19N3S/c1-12(2)7-3-6-10-9(13)11-8-4-5-8/h8H,3-7H2,1-2H3,(H2,10,11,13)/p+1. The molecule has 0 atom stereocenters. The van der Waals surface area contributed by atoms with E-state index in [0.717, 1.165) is 11.7 Å². The van der Waals surface area contributed by atoms with Gasteiger partial charge in [0.15, 0.2) is 5.11 Å². The molecule has 76 valence electrons. The number of hydrogen-bond acceptors (Lipinski definition) is 1. The largest absolute Gasteiger partial charge is 0.363 e. The highest BCUT2D eigenvalue weighted by atomic mass is 32.1. The maximum absolute atomic E-state index is 5.12. The molecule has 0 aromatic carbocycles. The quantitative estimate of drug-likeness (QED) is 0.400. The van der Waals surface area contributed by atoms with Gasteiger partial charge in [0.05, 0.1) is 20.6 Å². The third-order valence-electron chi connectivity index (χ3n) is 2.05. The first-order chi connectivity index (χ1) is 6.18. The number of nitrogens with one attached hydrogen (secondary N) is 3. The van der Waals surface area contributed by atoms with E-state index in [0.29, 0.717) is 6.04 Å². The van der Waals surface area contributed by atoms with Crippen LogP contribution in [0.15, 0.2) is 0 Å². The average Bonchev–Trinajstić information content (AvgIpc) is 2.81. The van der Waals surface area contributed by atoms with Crippen molar-refractivity contribution in [2.75, 3.05) is 27.2 Å². The Hall–Kier alpha value is -0.350. The summed E-state index contributed by atoms with van der Waals surface area (Å²) in [6, 6.07) is 0.666. The molecule has 1 aliphatic rings. The Morgan fingerprint density at radius 1 is 1.46 bits per heavy atom. The molecule has 3 N–H and O–H groups in total. The van der Waals surface area contributed by atoms with E-state index in [-0.39, 0.29) is 0 Å². The molecule has 1 aliphatic carbocycles. The summed E-state index contributed by atoms with van der Waals surface area (Å²) in [6.45, 7) is 2.18. The second kappa shape index (κ2) is 5.40. The molecular formula is C9H20N3S+. The fourth-order valence-corrected chi connectivity index (χ4v) is 1.38. The van der Waals surface area contributed by atoms with E-state index in [9.17, 15) is 0 Å². The Labute approximate surface area is 85.9 Å². The van der Waals surface area contributed by atoms with Crippen LogP contribution >= 0.6 is 12.2 Å². The molecule has 0 bridgehead atoms. The van der Waals surface area contributed by atoms with Crippen LogP contribution < -0.4 is 15.5 Å². The summed E-state index contributed by atoms with van der Waals surface area (Å²) in [5.41, 5.74) is 0. The van der Waals surface area contributed by atoms with Crippen LogP contribution in [0.4, 0.5) is 0 Å². The Morgan fingerprint density at radius 2 is 2.15 bits per heavy atom. The highest BCUT2D eigenvalue weighted by Crippen LogP contribution is 2.18. The van der Waals surface area contributed by atoms with Crippen LogP contribution in [0.5, 0.6) is 0 Å². The van der Waals surface area contributed by atoms with Crippen LogP contribution in [0, 0.1) is 0 Å². The van der Waals surface area contributed by atoms with Crippen molar-refractivity contribution in [2.24, 2.45) is 0 Å². The number of rotatable bonds is 5. The Kier molecular flexibility index (Phi) is 4.45. The number of quaternary nitrogens is 1. The van der Waals surface area contributed by atoms with E-state index in [2.05, 4.69) is 24.7 Å². The molecule has 0 aromatic heterocycles. The fraction of sp³-hybridized carbons (Fsp3) is 0.889. The van der Waals surface area contributed by atoms with Gasteiger partial charge in [-0.3, -0.25) is 0 Å². The fourth-order valence-electron chi connectivity index (χ4n) is 1.11. The van der Waals surface area contributed by atoms with Gasteiger partial charge in [0.1, 0.15) is 0 Å². The zero-order valence-electron chi connectivity index (χ0n) is 8.52. The first kappa shape index (κ1) is 10.7. The van der Waals surface area contributed by atoms with Crippen molar-refractivity contribution in [3.63, 3.8) is 0 Å². The smallest absolute Gasteiger partial charge is 0.166 e. The molecule has 0 amide bonds. The van der Waals surface area contributed by atoms with Gasteiger partial charge in [0, 0.05) is 19.0 Å². The molecule has 1 rings (SSSR count). The van der Waals surface area contributed by atoms with Gasteiger partial charge in [0.25, 0.3) is 0 Å². The third-order valence-corrected chi connectivity index (χ3v) is 2.31. The summed E-state index contributed by atoms with van der Waals surface area (Å²) >= 11 is 5.12. The molecule has 0 heterocycles. The van der Waals surface area contributed by atoms with Crippen molar-refractivity contribution in [1.29, 1.82) is 0 Å². The zero-order chi connectivity index (χ0) is 9.68. The maximum Gasteiger partial charge on any atom is 0.166 e. The molecular weight excluding hydrogens is 182 g/mol. The van der Waals surface area contributed by atoms with Gasteiger partial charge < -0.3 is 15.5 Å². The van der Waals surface area contributed by atoms with Gasteiger partial charge in [-0.25, -0.2) is 0 Å². The van der Waals surface area contributed by atoms with Gasteiger partial charge in [0.2, 0.25) is 0 Å². The van der Waals surface area contributed by atoms with E-state index in [1.165, 1.54) is 30.7 Å². The van der Waals surface area contributed by atoms with Crippen molar-refractivity contribution in [1.82, 2.24) is 10.6 Å². The van der Waals surface area contributed by atoms with E-state index in [4.69, 9.17) is 12.2 Å². The van der Waals surface area contributed by atoms with Crippen molar-refractivity contribution in [2.45, 2.75) is 25.3 Å². The lowest BCUT2D eigenvalue weighted by Crippen LogP contribution is -3.05. The van der Waals surface area contributed by atoms with Crippen LogP contribution in [-0.4, -0.2) is 38.3 Å². The normalized spacial score (nSPS) is 15.9. The second-order valence-corrected chi connectivity index (χ2v) is 4.39. The van der Waals surface area contributed by atoms with Crippen LogP contribution in [0.1, 0.15) is 19.3 Å². The van der Waals surface area contributed by atoms with Crippen molar-refractivity contribution < 1.29 is 4.90 Å². The summed E-state index contributed by atoms with van der Waals surface area (Å²) in [7, 11) is 4.33. The minimum absolute atomic E-state index is 0.666. The summed E-state index contributed by atoms with van der Waals surface area (Å²) < 4.78 is 0. The molecule has 0 spiro atoms. The van der Waals surface area contributed by atoms with Crippen molar-refractivity contribution in [3.05, 3.63) is 0 Å². The second-order valence-electron chi connectivity index (χ2n) is 3.99. The predicted octanol–water partition coefficient (Wildman–Crippen LogP) is -0.852. The van der Waals surface area contributed by atoms with Gasteiger partial charge in [-0.15, -0.1) is 0 Å². The monoisotopic (exact) mass is 202 g/mol. The average molecular weight is 202 g/mol. The molecule has 0 saturated heterocycles. The molecule has 0 aliphatic heterocycles. The Bertz CT molecular complexity index is 166. The lowest BCUT2D eigenvalue weighted by Gasteiger charge is -2.10. The highest BCUT2D eigenvalue weighted by molar-refractivity contribution is 7.80. The third kappa shape index (κ3) is 5.82. The van der Waals surface area contributed by atoms with Crippen molar-refractivity contribution >= 4 is 17.3 Å². The minimum atomic E-state index is 0.666. The summed E-state index contributed by atoms with van der Waals surface area (Å²) in [5.74, 6) is 0. The molecule has 0 radical (unpaired) electrons. The van der Waals surface area contributed by atoms with Crippen LogP contribution in [-0.2, 0) is 0 Å². The Morgan fingerprint density at radius 3 is 2.69 bits per heavy atom. The van der Waals surface area contributed by atoms with Gasteiger partial charge >= 0.3 is 0 Å². The zero-order valence-corrected chi connectivity index (χ0v) is 9.34. The summed E-state index contributed by atoms with van der Waals surface area (Å²) in [6.07, 6.45) is 3.74. The SMILES string of the molecule is C[NH+](C)CCCNC(=S)NC1CC1. The number of hydrogen-bond donors (Lipinski definition) is 3. The summed E-state index contributed by atoms with van der Waals surface area (Å²) in [5, 5.41) is 7.30. The van der Waals surface area contributed by atoms with E-state index < -0.39 is 0 Å². The van der Waals surface area contributed by atoms with Crippen LogP contribution in [0.2, 0.25) is 0 Å². The van der Waals surface area contributed by atoms with E-state index in [1.807, 2.05) is 0 Å². The minimum Gasteiger partial charge on any atom is -0.363 e. The lowest BCUT2D eigenvalue weighted by molar-refractivity contribution is -0.858. The highest BCUT2D eigenvalue weighted by Gasteiger charge is 2.21. The van der Waals surface area contributed by atoms with Crippen LogP contribution in [0.25, 0.3) is 0 Å². The maximum atomic E-state index is 5.12. The molecule has 1 saturated carbocycles. The topological polar surface area (TPSA) is 28.5 Å². The van der Waals surface area contributed by atoms with Gasteiger partial charge in [-0.1, -0.05) is 0 Å². The predicted molar refractivity (Wildman–Crippen MR) is 59.1 cm³/mol. The van der Waals surface area contributed by atoms with Crippen molar-refractivity contribution in [3.8, 4) is 0 Å². The molecule has 0 aromatic rings. The first-order valence-corrected chi connectivity index (χ1v) is 5.42. The number of thiocarbonyl (C=S) groups is 1. The molecule has 1 fully saturated rings. The van der Waals surface area contributed by atoms with Gasteiger partial charge in [-0.2, -0.15) is 0 Å². The van der Waals surface area contributed by atoms with Gasteiger partial charge in [-0.05, 0) is 25.1 Å². The first-order valence-electron chi connectivity index (χ1n) is 5.02. The lowest BCUT2D eigenvalue weighted by atomic mass is 10.4.